The normalized spacial score (nSPS) is 28.7. The second-order valence-corrected chi connectivity index (χ2v) is 3.98. The minimum Gasteiger partial charge on any atom is -0.384 e. The average Bonchev–Trinajstić information content (AvgIpc) is 2.59. The van der Waals surface area contributed by atoms with Gasteiger partial charge < -0.3 is 10.6 Å². The standard InChI is InChI=1S/C11H12N2O/c14-10-5-7-6-12-9-4-2-1-3-8(9)11(7)13-10/h1-4,7,11-12H,5-6H2,(H,13,14)/t7-,11-/m0/s1. The number of carbonyl (C=O) groups is 1. The lowest BCUT2D eigenvalue weighted by molar-refractivity contribution is -0.119. The van der Waals surface area contributed by atoms with Gasteiger partial charge in [-0.1, -0.05) is 18.2 Å². The fraction of sp³-hybridized carbons (Fsp3) is 0.364. The van der Waals surface area contributed by atoms with E-state index in [1.165, 1.54) is 5.56 Å². The average molecular weight is 188 g/mol. The number of benzene rings is 1. The highest BCUT2D eigenvalue weighted by Gasteiger charge is 2.36. The van der Waals surface area contributed by atoms with E-state index in [9.17, 15) is 4.79 Å². The molecule has 0 aromatic heterocycles. The lowest BCUT2D eigenvalue weighted by Gasteiger charge is -2.28. The largest absolute Gasteiger partial charge is 0.384 e. The molecule has 0 spiro atoms. The lowest BCUT2D eigenvalue weighted by Crippen LogP contribution is -2.29. The van der Waals surface area contributed by atoms with Crippen LogP contribution in [0.25, 0.3) is 0 Å². The van der Waals surface area contributed by atoms with Gasteiger partial charge in [-0.3, -0.25) is 4.79 Å². The number of carbonyl (C=O) groups excluding carboxylic acids is 1. The van der Waals surface area contributed by atoms with E-state index in [0.29, 0.717) is 12.3 Å². The third kappa shape index (κ3) is 1.02. The predicted octanol–water partition coefficient (Wildman–Crippen LogP) is 1.29. The topological polar surface area (TPSA) is 41.1 Å². The first-order chi connectivity index (χ1) is 6.84. The summed E-state index contributed by atoms with van der Waals surface area (Å²) in [5.74, 6) is 0.607. The van der Waals surface area contributed by atoms with Gasteiger partial charge in [0.15, 0.2) is 0 Å². The molecule has 0 aliphatic carbocycles. The number of anilines is 1. The minimum absolute atomic E-state index is 0.179. The zero-order valence-corrected chi connectivity index (χ0v) is 7.79. The molecule has 2 aliphatic heterocycles. The molecule has 1 amide bonds. The molecule has 2 aliphatic rings. The first kappa shape index (κ1) is 7.85. The summed E-state index contributed by atoms with van der Waals surface area (Å²) >= 11 is 0. The van der Waals surface area contributed by atoms with E-state index in [0.717, 1.165) is 12.2 Å². The fourth-order valence-corrected chi connectivity index (χ4v) is 2.40. The van der Waals surface area contributed by atoms with E-state index in [2.05, 4.69) is 22.8 Å². The summed E-state index contributed by atoms with van der Waals surface area (Å²) in [6.07, 6.45) is 0.659. The van der Waals surface area contributed by atoms with Gasteiger partial charge in [0.1, 0.15) is 0 Å². The van der Waals surface area contributed by atoms with Crippen molar-refractivity contribution in [2.75, 3.05) is 11.9 Å². The molecule has 72 valence electrons. The van der Waals surface area contributed by atoms with Crippen LogP contribution >= 0.6 is 0 Å². The van der Waals surface area contributed by atoms with Crippen LogP contribution in [0.1, 0.15) is 18.0 Å². The van der Waals surface area contributed by atoms with Crippen LogP contribution < -0.4 is 10.6 Å². The Morgan fingerprint density at radius 2 is 2.14 bits per heavy atom. The number of hydrogen-bond donors (Lipinski definition) is 2. The molecule has 0 unspecified atom stereocenters. The Labute approximate surface area is 82.5 Å². The van der Waals surface area contributed by atoms with Gasteiger partial charge in [-0.05, 0) is 11.6 Å². The van der Waals surface area contributed by atoms with Gasteiger partial charge in [-0.25, -0.2) is 0 Å². The Balaban J connectivity index is 2.05. The number of rotatable bonds is 0. The number of para-hydroxylation sites is 1. The van der Waals surface area contributed by atoms with Crippen molar-refractivity contribution < 1.29 is 4.79 Å². The fourth-order valence-electron chi connectivity index (χ4n) is 2.40. The summed E-state index contributed by atoms with van der Waals surface area (Å²) in [6.45, 7) is 0.903. The first-order valence-corrected chi connectivity index (χ1v) is 4.97. The van der Waals surface area contributed by atoms with Crippen molar-refractivity contribution in [3.63, 3.8) is 0 Å². The van der Waals surface area contributed by atoms with Crippen LogP contribution in [0.2, 0.25) is 0 Å². The molecule has 3 rings (SSSR count). The Morgan fingerprint density at radius 3 is 3.07 bits per heavy atom. The Kier molecular flexibility index (Phi) is 1.54. The molecule has 1 aromatic rings. The van der Waals surface area contributed by atoms with Gasteiger partial charge in [0, 0.05) is 24.6 Å². The number of fused-ring (bicyclic) bond motifs is 3. The molecule has 3 heteroatoms. The van der Waals surface area contributed by atoms with Crippen LogP contribution in [0.3, 0.4) is 0 Å². The molecular weight excluding hydrogens is 176 g/mol. The maximum atomic E-state index is 11.3. The Morgan fingerprint density at radius 1 is 1.29 bits per heavy atom. The molecule has 2 atom stereocenters. The van der Waals surface area contributed by atoms with Crippen molar-refractivity contribution >= 4 is 11.6 Å². The van der Waals surface area contributed by atoms with E-state index in [1.54, 1.807) is 0 Å². The van der Waals surface area contributed by atoms with Gasteiger partial charge in [0.05, 0.1) is 6.04 Å². The van der Waals surface area contributed by atoms with Crippen LogP contribution in [0.15, 0.2) is 24.3 Å². The molecule has 0 saturated carbocycles. The van der Waals surface area contributed by atoms with Crippen LogP contribution in [0, 0.1) is 5.92 Å². The van der Waals surface area contributed by atoms with Gasteiger partial charge in [-0.15, -0.1) is 0 Å². The third-order valence-electron chi connectivity index (χ3n) is 3.09. The van der Waals surface area contributed by atoms with Crippen LogP contribution in [-0.2, 0) is 4.79 Å². The Bertz CT molecular complexity index is 389. The molecule has 0 radical (unpaired) electrons. The van der Waals surface area contributed by atoms with Crippen molar-refractivity contribution in [3.05, 3.63) is 29.8 Å². The summed E-state index contributed by atoms with van der Waals surface area (Å²) in [7, 11) is 0. The van der Waals surface area contributed by atoms with Gasteiger partial charge in [0.2, 0.25) is 5.91 Å². The molecule has 1 fully saturated rings. The van der Waals surface area contributed by atoms with E-state index in [-0.39, 0.29) is 11.9 Å². The van der Waals surface area contributed by atoms with Crippen molar-refractivity contribution in [1.82, 2.24) is 5.32 Å². The molecule has 14 heavy (non-hydrogen) atoms. The van der Waals surface area contributed by atoms with Gasteiger partial charge >= 0.3 is 0 Å². The minimum atomic E-state index is 0.179. The van der Waals surface area contributed by atoms with Crippen molar-refractivity contribution in [2.24, 2.45) is 5.92 Å². The quantitative estimate of drug-likeness (QED) is 0.644. The molecule has 1 aromatic carbocycles. The molecule has 1 saturated heterocycles. The highest BCUT2D eigenvalue weighted by Crippen LogP contribution is 2.37. The zero-order chi connectivity index (χ0) is 9.54. The monoisotopic (exact) mass is 188 g/mol. The first-order valence-electron chi connectivity index (χ1n) is 4.97. The second kappa shape index (κ2) is 2.74. The summed E-state index contributed by atoms with van der Waals surface area (Å²) < 4.78 is 0. The van der Waals surface area contributed by atoms with E-state index in [1.807, 2.05) is 12.1 Å². The number of amides is 1. The SMILES string of the molecule is O=C1C[C@H]2CNc3ccccc3[C@H]2N1. The summed E-state index contributed by atoms with van der Waals surface area (Å²) in [5, 5.41) is 6.40. The van der Waals surface area contributed by atoms with Gasteiger partial charge in [0.25, 0.3) is 0 Å². The van der Waals surface area contributed by atoms with E-state index in [4.69, 9.17) is 0 Å². The highest BCUT2D eigenvalue weighted by molar-refractivity contribution is 5.80. The molecule has 0 bridgehead atoms. The van der Waals surface area contributed by atoms with Crippen molar-refractivity contribution in [1.29, 1.82) is 0 Å². The molecule has 2 N–H and O–H groups in total. The van der Waals surface area contributed by atoms with Gasteiger partial charge in [-0.2, -0.15) is 0 Å². The number of hydrogen-bond acceptors (Lipinski definition) is 2. The molecule has 2 heterocycles. The summed E-state index contributed by atoms with van der Waals surface area (Å²) in [6, 6.07) is 8.43. The van der Waals surface area contributed by atoms with Crippen molar-refractivity contribution in [3.8, 4) is 0 Å². The summed E-state index contributed by atoms with van der Waals surface area (Å²) in [4.78, 5) is 11.3. The van der Waals surface area contributed by atoms with Crippen LogP contribution in [0.4, 0.5) is 5.69 Å². The van der Waals surface area contributed by atoms with Crippen molar-refractivity contribution in [2.45, 2.75) is 12.5 Å². The summed E-state index contributed by atoms with van der Waals surface area (Å²) in [5.41, 5.74) is 2.39. The molecule has 3 nitrogen and oxygen atoms in total. The maximum absolute atomic E-state index is 11.3. The van der Waals surface area contributed by atoms with E-state index < -0.39 is 0 Å². The lowest BCUT2D eigenvalue weighted by atomic mass is 9.89. The van der Waals surface area contributed by atoms with Crippen LogP contribution in [0.5, 0.6) is 0 Å². The van der Waals surface area contributed by atoms with E-state index >= 15 is 0 Å². The third-order valence-corrected chi connectivity index (χ3v) is 3.09. The second-order valence-electron chi connectivity index (χ2n) is 3.98. The predicted molar refractivity (Wildman–Crippen MR) is 53.9 cm³/mol. The maximum Gasteiger partial charge on any atom is 0.220 e. The molecular formula is C11H12N2O. The smallest absolute Gasteiger partial charge is 0.220 e. The Hall–Kier alpha value is -1.51. The number of nitrogens with one attached hydrogen (secondary N) is 2. The van der Waals surface area contributed by atoms with Crippen LogP contribution in [-0.4, -0.2) is 12.5 Å². The zero-order valence-electron chi connectivity index (χ0n) is 7.79. The highest BCUT2D eigenvalue weighted by atomic mass is 16.2.